The van der Waals surface area contributed by atoms with Gasteiger partial charge in [0.15, 0.2) is 0 Å². The molecule has 49 heavy (non-hydrogen) atoms. The molecule has 0 N–H and O–H groups in total. The Morgan fingerprint density at radius 2 is 0.816 bits per heavy atom. The van der Waals surface area contributed by atoms with Gasteiger partial charge in [0.05, 0.1) is 0 Å². The molecule has 0 aromatic heterocycles. The number of benzene rings is 7. The third-order valence-electron chi connectivity index (χ3n) is 10.9. The van der Waals surface area contributed by atoms with E-state index >= 15 is 0 Å². The van der Waals surface area contributed by atoms with Crippen LogP contribution >= 0.6 is 0 Å². The number of anilines is 3. The van der Waals surface area contributed by atoms with Crippen LogP contribution in [0.1, 0.15) is 52.8 Å². The third kappa shape index (κ3) is 4.92. The van der Waals surface area contributed by atoms with Crippen LogP contribution in [0.25, 0.3) is 33.4 Å². The Balaban J connectivity index is 1.25. The molecule has 0 aliphatic heterocycles. The molecule has 0 unspecified atom stereocenters. The van der Waals surface area contributed by atoms with E-state index in [-0.39, 0.29) is 5.41 Å². The van der Waals surface area contributed by atoms with Crippen LogP contribution in [-0.2, 0) is 18.3 Å². The van der Waals surface area contributed by atoms with E-state index in [4.69, 9.17) is 0 Å². The van der Waals surface area contributed by atoms with Crippen LogP contribution in [0.3, 0.4) is 0 Å². The summed E-state index contributed by atoms with van der Waals surface area (Å²) in [5.41, 5.74) is 20.9. The standard InChI is InChI=1S/C48H39N/c1-32-20-22-37(23-21-32)49(39-25-27-45-44-18-10-11-19-46(44)48(2,3)47(45)31-39)38-24-26-43-36(30-38)29-35-14-6-8-16-41(35)40-15-7-4-12-33(40)28-34-13-5-9-17-42(34)43/h4-27,30-31H,28-29H2,1-3H3. The van der Waals surface area contributed by atoms with E-state index in [9.17, 15) is 0 Å². The van der Waals surface area contributed by atoms with Crippen molar-refractivity contribution in [3.05, 3.63) is 197 Å². The highest BCUT2D eigenvalue weighted by molar-refractivity contribution is 5.87. The lowest BCUT2D eigenvalue weighted by molar-refractivity contribution is 0.660. The summed E-state index contributed by atoms with van der Waals surface area (Å²) in [7, 11) is 0. The van der Waals surface area contributed by atoms with E-state index in [1.54, 1.807) is 0 Å². The minimum atomic E-state index is -0.0760. The predicted molar refractivity (Wildman–Crippen MR) is 206 cm³/mol. The van der Waals surface area contributed by atoms with Gasteiger partial charge in [-0.3, -0.25) is 0 Å². The van der Waals surface area contributed by atoms with Gasteiger partial charge in [-0.1, -0.05) is 141 Å². The molecule has 1 heteroatoms. The average Bonchev–Trinajstić information content (AvgIpc) is 3.36. The van der Waals surface area contributed by atoms with E-state index in [1.165, 1.54) is 83.7 Å². The Bertz CT molecular complexity index is 2380. The topological polar surface area (TPSA) is 3.24 Å². The Kier molecular flexibility index (Phi) is 6.91. The average molecular weight is 630 g/mol. The number of aryl methyl sites for hydroxylation is 1. The molecule has 2 aliphatic rings. The Hall–Kier alpha value is -5.66. The van der Waals surface area contributed by atoms with Crippen LogP contribution in [0.5, 0.6) is 0 Å². The highest BCUT2D eigenvalue weighted by Gasteiger charge is 2.35. The van der Waals surface area contributed by atoms with Crippen LogP contribution < -0.4 is 4.90 Å². The molecule has 9 rings (SSSR count). The van der Waals surface area contributed by atoms with Crippen molar-refractivity contribution in [3.8, 4) is 33.4 Å². The van der Waals surface area contributed by atoms with Crippen LogP contribution in [-0.4, -0.2) is 0 Å². The highest BCUT2D eigenvalue weighted by Crippen LogP contribution is 2.51. The van der Waals surface area contributed by atoms with Crippen molar-refractivity contribution in [3.63, 3.8) is 0 Å². The van der Waals surface area contributed by atoms with E-state index in [0.29, 0.717) is 0 Å². The lowest BCUT2D eigenvalue weighted by atomic mass is 9.82. The van der Waals surface area contributed by atoms with Gasteiger partial charge in [-0.25, -0.2) is 0 Å². The zero-order valence-corrected chi connectivity index (χ0v) is 28.4. The Morgan fingerprint density at radius 1 is 0.388 bits per heavy atom. The van der Waals surface area contributed by atoms with Crippen LogP contribution in [0.4, 0.5) is 17.1 Å². The number of hydrogen-bond donors (Lipinski definition) is 0. The second-order valence-corrected chi connectivity index (χ2v) is 14.2. The van der Waals surface area contributed by atoms with Gasteiger partial charge in [0.1, 0.15) is 0 Å². The predicted octanol–water partition coefficient (Wildman–Crippen LogP) is 12.6. The Morgan fingerprint density at radius 3 is 1.43 bits per heavy atom. The largest absolute Gasteiger partial charge is 0.310 e. The SMILES string of the molecule is Cc1ccc(N(c2ccc3c(c2)Cc2ccccc2-c2ccccc2Cc2ccccc2-3)c2ccc3c(c2)C(C)(C)c2ccccc2-3)cc1. The molecule has 0 fully saturated rings. The van der Waals surface area contributed by atoms with Crippen molar-refractivity contribution >= 4 is 17.1 Å². The fraction of sp³-hybridized carbons (Fsp3) is 0.125. The smallest absolute Gasteiger partial charge is 0.0465 e. The molecule has 0 saturated heterocycles. The van der Waals surface area contributed by atoms with Crippen molar-refractivity contribution in [2.24, 2.45) is 0 Å². The summed E-state index contributed by atoms with van der Waals surface area (Å²) in [4.78, 5) is 2.45. The van der Waals surface area contributed by atoms with Crippen molar-refractivity contribution in [1.82, 2.24) is 0 Å². The van der Waals surface area contributed by atoms with Gasteiger partial charge in [0.2, 0.25) is 0 Å². The van der Waals surface area contributed by atoms with E-state index in [2.05, 4.69) is 183 Å². The summed E-state index contributed by atoms with van der Waals surface area (Å²) in [6.07, 6.45) is 1.74. The first-order valence-corrected chi connectivity index (χ1v) is 17.4. The van der Waals surface area contributed by atoms with Gasteiger partial charge in [0.25, 0.3) is 0 Å². The third-order valence-corrected chi connectivity index (χ3v) is 10.9. The quantitative estimate of drug-likeness (QED) is 0.188. The second-order valence-electron chi connectivity index (χ2n) is 14.2. The number of hydrogen-bond acceptors (Lipinski definition) is 1. The van der Waals surface area contributed by atoms with Gasteiger partial charge in [-0.15, -0.1) is 0 Å². The molecule has 7 aromatic carbocycles. The molecule has 7 aromatic rings. The zero-order valence-electron chi connectivity index (χ0n) is 28.4. The van der Waals surface area contributed by atoms with E-state index < -0.39 is 0 Å². The summed E-state index contributed by atoms with van der Waals surface area (Å²) in [6.45, 7) is 6.89. The fourth-order valence-electron chi connectivity index (χ4n) is 8.32. The molecule has 0 bridgehead atoms. The zero-order chi connectivity index (χ0) is 33.1. The highest BCUT2D eigenvalue weighted by atomic mass is 15.1. The second kappa shape index (κ2) is 11.5. The lowest BCUT2D eigenvalue weighted by Crippen LogP contribution is -2.16. The minimum Gasteiger partial charge on any atom is -0.310 e. The summed E-state index contributed by atoms with van der Waals surface area (Å²) in [5.74, 6) is 0. The molecule has 0 atom stereocenters. The molecule has 1 nitrogen and oxygen atoms in total. The fourth-order valence-corrected chi connectivity index (χ4v) is 8.32. The lowest BCUT2D eigenvalue weighted by Gasteiger charge is -2.29. The first-order chi connectivity index (χ1) is 24.0. The monoisotopic (exact) mass is 629 g/mol. The molecule has 236 valence electrons. The summed E-state index contributed by atoms with van der Waals surface area (Å²) in [5, 5.41) is 0. The van der Waals surface area contributed by atoms with Gasteiger partial charge in [-0.05, 0) is 123 Å². The maximum atomic E-state index is 2.45. The van der Waals surface area contributed by atoms with Crippen molar-refractivity contribution < 1.29 is 0 Å². The minimum absolute atomic E-state index is 0.0760. The molecule has 0 saturated carbocycles. The van der Waals surface area contributed by atoms with Gasteiger partial charge in [-0.2, -0.15) is 0 Å². The summed E-state index contributed by atoms with van der Waals surface area (Å²) in [6, 6.07) is 59.0. The van der Waals surface area contributed by atoms with Gasteiger partial charge in [0, 0.05) is 22.5 Å². The van der Waals surface area contributed by atoms with Crippen molar-refractivity contribution in [2.75, 3.05) is 4.90 Å². The van der Waals surface area contributed by atoms with Crippen molar-refractivity contribution in [2.45, 2.75) is 39.0 Å². The molecule has 2 aliphatic carbocycles. The van der Waals surface area contributed by atoms with Crippen LogP contribution in [0, 0.1) is 6.92 Å². The molecule has 0 spiro atoms. The van der Waals surface area contributed by atoms with Crippen LogP contribution in [0.2, 0.25) is 0 Å². The first kappa shape index (κ1) is 29.5. The van der Waals surface area contributed by atoms with E-state index in [1.807, 2.05) is 0 Å². The molecular formula is C48H39N. The molecule has 0 heterocycles. The number of rotatable bonds is 3. The normalized spacial score (nSPS) is 13.6. The molecular weight excluding hydrogens is 591 g/mol. The maximum absolute atomic E-state index is 2.45. The van der Waals surface area contributed by atoms with Gasteiger partial charge >= 0.3 is 0 Å². The van der Waals surface area contributed by atoms with Crippen molar-refractivity contribution in [1.29, 1.82) is 0 Å². The first-order valence-electron chi connectivity index (χ1n) is 17.4. The Labute approximate surface area is 290 Å². The maximum Gasteiger partial charge on any atom is 0.0465 e. The van der Waals surface area contributed by atoms with Gasteiger partial charge < -0.3 is 4.90 Å². The number of nitrogens with zero attached hydrogens (tertiary/aromatic N) is 1. The molecule has 0 radical (unpaired) electrons. The summed E-state index contributed by atoms with van der Waals surface area (Å²) >= 11 is 0. The van der Waals surface area contributed by atoms with Crippen LogP contribution in [0.15, 0.2) is 158 Å². The summed E-state index contributed by atoms with van der Waals surface area (Å²) < 4.78 is 0. The number of fused-ring (bicyclic) bond motifs is 9. The van der Waals surface area contributed by atoms with E-state index in [0.717, 1.165) is 18.5 Å². The molecule has 0 amide bonds.